The standard InChI is InChI=1S/C13H23N3O2S/c1-16(2)10-4-3-9-15-19(17,18)13-7-5-12(11-14)6-8-13/h5-8,15H,3-4,9-11,14H2,1-2H3. The molecular weight excluding hydrogens is 262 g/mol. The van der Waals surface area contributed by atoms with Gasteiger partial charge < -0.3 is 10.6 Å². The first kappa shape index (κ1) is 16.1. The summed E-state index contributed by atoms with van der Waals surface area (Å²) in [6, 6.07) is 6.65. The summed E-state index contributed by atoms with van der Waals surface area (Å²) >= 11 is 0. The second-order valence-electron chi connectivity index (χ2n) is 4.76. The zero-order chi connectivity index (χ0) is 14.3. The molecule has 0 heterocycles. The molecule has 0 aliphatic heterocycles. The molecule has 0 aromatic heterocycles. The summed E-state index contributed by atoms with van der Waals surface area (Å²) in [5.41, 5.74) is 6.40. The molecule has 0 bridgehead atoms. The quantitative estimate of drug-likeness (QED) is 0.692. The Bertz CT molecular complexity index is 469. The van der Waals surface area contributed by atoms with Crippen LogP contribution in [0.3, 0.4) is 0 Å². The molecule has 0 saturated heterocycles. The van der Waals surface area contributed by atoms with Crippen molar-refractivity contribution in [2.24, 2.45) is 5.73 Å². The molecule has 3 N–H and O–H groups in total. The van der Waals surface area contributed by atoms with E-state index >= 15 is 0 Å². The average molecular weight is 285 g/mol. The Morgan fingerprint density at radius 2 is 1.79 bits per heavy atom. The molecular formula is C13H23N3O2S. The number of nitrogens with one attached hydrogen (secondary N) is 1. The van der Waals surface area contributed by atoms with E-state index in [0.717, 1.165) is 24.9 Å². The second-order valence-corrected chi connectivity index (χ2v) is 6.52. The number of unbranched alkanes of at least 4 members (excludes halogenated alkanes) is 1. The van der Waals surface area contributed by atoms with Crippen LogP contribution in [-0.2, 0) is 16.6 Å². The van der Waals surface area contributed by atoms with Crippen molar-refractivity contribution < 1.29 is 8.42 Å². The molecule has 19 heavy (non-hydrogen) atoms. The molecule has 0 unspecified atom stereocenters. The van der Waals surface area contributed by atoms with Crippen molar-refractivity contribution in [3.8, 4) is 0 Å². The van der Waals surface area contributed by atoms with Crippen LogP contribution in [0.25, 0.3) is 0 Å². The van der Waals surface area contributed by atoms with Gasteiger partial charge in [0.05, 0.1) is 4.90 Å². The van der Waals surface area contributed by atoms with Crippen LogP contribution in [0.5, 0.6) is 0 Å². The van der Waals surface area contributed by atoms with E-state index in [-0.39, 0.29) is 4.90 Å². The predicted molar refractivity (Wildman–Crippen MR) is 77.3 cm³/mol. The van der Waals surface area contributed by atoms with Crippen LogP contribution in [0.2, 0.25) is 0 Å². The molecule has 5 nitrogen and oxygen atoms in total. The molecule has 6 heteroatoms. The zero-order valence-corrected chi connectivity index (χ0v) is 12.4. The number of nitrogens with zero attached hydrogens (tertiary/aromatic N) is 1. The van der Waals surface area contributed by atoms with Crippen LogP contribution in [0.1, 0.15) is 18.4 Å². The van der Waals surface area contributed by atoms with Crippen LogP contribution >= 0.6 is 0 Å². The minimum atomic E-state index is -3.39. The lowest BCUT2D eigenvalue weighted by Gasteiger charge is -2.10. The monoisotopic (exact) mass is 285 g/mol. The van der Waals surface area contributed by atoms with Gasteiger partial charge in [0.25, 0.3) is 0 Å². The number of nitrogens with two attached hydrogens (primary N) is 1. The van der Waals surface area contributed by atoms with Gasteiger partial charge >= 0.3 is 0 Å². The minimum absolute atomic E-state index is 0.289. The van der Waals surface area contributed by atoms with Crippen LogP contribution < -0.4 is 10.5 Å². The van der Waals surface area contributed by atoms with Gasteiger partial charge in [-0.2, -0.15) is 0 Å². The van der Waals surface area contributed by atoms with Crippen molar-refractivity contribution >= 4 is 10.0 Å². The molecule has 0 amide bonds. The lowest BCUT2D eigenvalue weighted by Crippen LogP contribution is -2.25. The summed E-state index contributed by atoms with van der Waals surface area (Å²) in [4.78, 5) is 2.37. The highest BCUT2D eigenvalue weighted by Gasteiger charge is 2.12. The molecule has 0 radical (unpaired) electrons. The average Bonchev–Trinajstić information content (AvgIpc) is 2.38. The summed E-state index contributed by atoms with van der Waals surface area (Å²) in [5.74, 6) is 0. The molecule has 0 spiro atoms. The summed E-state index contributed by atoms with van der Waals surface area (Å²) in [5, 5.41) is 0. The number of benzene rings is 1. The van der Waals surface area contributed by atoms with E-state index in [2.05, 4.69) is 9.62 Å². The van der Waals surface area contributed by atoms with Crippen molar-refractivity contribution in [1.82, 2.24) is 9.62 Å². The maximum Gasteiger partial charge on any atom is 0.240 e. The second kappa shape index (κ2) is 7.59. The number of sulfonamides is 1. The van der Waals surface area contributed by atoms with E-state index in [9.17, 15) is 8.42 Å². The van der Waals surface area contributed by atoms with E-state index < -0.39 is 10.0 Å². The van der Waals surface area contributed by atoms with Gasteiger partial charge in [0.2, 0.25) is 10.0 Å². The summed E-state index contributed by atoms with van der Waals surface area (Å²) in [6.45, 7) is 1.85. The Kier molecular flexibility index (Phi) is 6.44. The molecule has 108 valence electrons. The number of rotatable bonds is 8. The van der Waals surface area contributed by atoms with E-state index in [1.165, 1.54) is 0 Å². The first-order valence-electron chi connectivity index (χ1n) is 6.39. The van der Waals surface area contributed by atoms with Crippen molar-refractivity contribution in [2.75, 3.05) is 27.2 Å². The lowest BCUT2D eigenvalue weighted by molar-refractivity contribution is 0.394. The number of hydrogen-bond acceptors (Lipinski definition) is 4. The fourth-order valence-corrected chi connectivity index (χ4v) is 2.72. The summed E-state index contributed by atoms with van der Waals surface area (Å²) in [7, 11) is 0.616. The fourth-order valence-electron chi connectivity index (χ4n) is 1.65. The lowest BCUT2D eigenvalue weighted by atomic mass is 10.2. The molecule has 1 rings (SSSR count). The Morgan fingerprint density at radius 1 is 1.16 bits per heavy atom. The topological polar surface area (TPSA) is 75.4 Å². The minimum Gasteiger partial charge on any atom is -0.326 e. The van der Waals surface area contributed by atoms with Crippen LogP contribution in [0, 0.1) is 0 Å². The zero-order valence-electron chi connectivity index (χ0n) is 11.6. The smallest absolute Gasteiger partial charge is 0.240 e. The van der Waals surface area contributed by atoms with Gasteiger partial charge in [-0.1, -0.05) is 12.1 Å². The normalized spacial score (nSPS) is 12.0. The third kappa shape index (κ3) is 5.69. The maximum atomic E-state index is 12.0. The first-order chi connectivity index (χ1) is 8.95. The van der Waals surface area contributed by atoms with E-state index in [1.54, 1.807) is 24.3 Å². The maximum absolute atomic E-state index is 12.0. The molecule has 0 aliphatic rings. The van der Waals surface area contributed by atoms with Crippen molar-refractivity contribution in [1.29, 1.82) is 0 Å². The van der Waals surface area contributed by atoms with E-state index in [4.69, 9.17) is 5.73 Å². The molecule has 1 aromatic rings. The highest BCUT2D eigenvalue weighted by atomic mass is 32.2. The number of hydrogen-bond donors (Lipinski definition) is 2. The largest absolute Gasteiger partial charge is 0.326 e. The third-order valence-electron chi connectivity index (χ3n) is 2.79. The molecule has 0 fully saturated rings. The van der Waals surface area contributed by atoms with Crippen molar-refractivity contribution in [2.45, 2.75) is 24.3 Å². The van der Waals surface area contributed by atoms with E-state index in [1.807, 2.05) is 14.1 Å². The highest BCUT2D eigenvalue weighted by molar-refractivity contribution is 7.89. The van der Waals surface area contributed by atoms with E-state index in [0.29, 0.717) is 13.1 Å². The van der Waals surface area contributed by atoms with Gasteiger partial charge in [-0.3, -0.25) is 0 Å². The Hall–Kier alpha value is -0.950. The van der Waals surface area contributed by atoms with Gasteiger partial charge in [0.1, 0.15) is 0 Å². The summed E-state index contributed by atoms with van der Waals surface area (Å²) < 4.78 is 26.6. The Morgan fingerprint density at radius 3 is 2.32 bits per heavy atom. The van der Waals surface area contributed by atoms with Gasteiger partial charge in [-0.05, 0) is 51.2 Å². The first-order valence-corrected chi connectivity index (χ1v) is 7.87. The predicted octanol–water partition coefficient (Wildman–Crippen LogP) is 0.765. The highest BCUT2D eigenvalue weighted by Crippen LogP contribution is 2.10. The Labute approximate surface area is 115 Å². The van der Waals surface area contributed by atoms with Crippen molar-refractivity contribution in [3.05, 3.63) is 29.8 Å². The Balaban J connectivity index is 2.46. The van der Waals surface area contributed by atoms with Gasteiger partial charge in [-0.25, -0.2) is 13.1 Å². The van der Waals surface area contributed by atoms with Crippen LogP contribution in [-0.4, -0.2) is 40.5 Å². The third-order valence-corrected chi connectivity index (χ3v) is 4.27. The SMILES string of the molecule is CN(C)CCCCNS(=O)(=O)c1ccc(CN)cc1. The fraction of sp³-hybridized carbons (Fsp3) is 0.538. The van der Waals surface area contributed by atoms with Crippen LogP contribution in [0.15, 0.2) is 29.2 Å². The molecule has 1 aromatic carbocycles. The van der Waals surface area contributed by atoms with Gasteiger partial charge in [-0.15, -0.1) is 0 Å². The summed E-state index contributed by atoms with van der Waals surface area (Å²) in [6.07, 6.45) is 1.81. The van der Waals surface area contributed by atoms with Gasteiger partial charge in [0.15, 0.2) is 0 Å². The van der Waals surface area contributed by atoms with Crippen molar-refractivity contribution in [3.63, 3.8) is 0 Å². The molecule has 0 aliphatic carbocycles. The molecule has 0 atom stereocenters. The van der Waals surface area contributed by atoms with Gasteiger partial charge in [0, 0.05) is 13.1 Å². The van der Waals surface area contributed by atoms with Crippen LogP contribution in [0.4, 0.5) is 0 Å². The molecule has 0 saturated carbocycles.